The minimum atomic E-state index is 0.321. The molecule has 0 radical (unpaired) electrons. The lowest BCUT2D eigenvalue weighted by Crippen LogP contribution is -1.90. The average Bonchev–Trinajstić information content (AvgIpc) is 2.36. The van der Waals surface area contributed by atoms with Crippen molar-refractivity contribution < 1.29 is 4.74 Å². The highest BCUT2D eigenvalue weighted by Gasteiger charge is 2.08. The van der Waals surface area contributed by atoms with Crippen molar-refractivity contribution in [2.45, 2.75) is 5.88 Å². The third-order valence-corrected chi connectivity index (χ3v) is 3.61. The van der Waals surface area contributed by atoms with E-state index in [1.165, 1.54) is 0 Å². The number of benzene rings is 2. The van der Waals surface area contributed by atoms with E-state index >= 15 is 0 Å². The number of hydrogen-bond acceptors (Lipinski definition) is 1. The molecule has 0 aliphatic heterocycles. The number of ether oxygens (including phenoxy) is 1. The maximum absolute atomic E-state index is 6.07. The third-order valence-electron chi connectivity index (χ3n) is 2.28. The molecule has 2 aromatic rings. The van der Waals surface area contributed by atoms with Crippen LogP contribution in [0.3, 0.4) is 0 Å². The minimum absolute atomic E-state index is 0.321. The van der Waals surface area contributed by atoms with Gasteiger partial charge in [-0.05, 0) is 36.4 Å². The van der Waals surface area contributed by atoms with E-state index in [1.54, 1.807) is 30.3 Å². The Kier molecular flexibility index (Phi) is 4.79. The summed E-state index contributed by atoms with van der Waals surface area (Å²) in [5.74, 6) is 1.54. The molecule has 0 heterocycles. The van der Waals surface area contributed by atoms with E-state index in [0.29, 0.717) is 27.4 Å². The van der Waals surface area contributed by atoms with Crippen LogP contribution in [-0.2, 0) is 5.88 Å². The first-order chi connectivity index (χ1) is 8.60. The maximum Gasteiger partial charge on any atom is 0.147 e. The molecule has 0 aromatic heterocycles. The molecule has 2 rings (SSSR count). The fraction of sp³-hybridized carbons (Fsp3) is 0.0769. The first kappa shape index (κ1) is 14.0. The summed E-state index contributed by atoms with van der Waals surface area (Å²) in [6.07, 6.45) is 0. The zero-order valence-electron chi connectivity index (χ0n) is 9.09. The monoisotopic (exact) mass is 364 g/mol. The summed E-state index contributed by atoms with van der Waals surface area (Å²) >= 11 is 21.2. The Morgan fingerprint density at radius 1 is 1.00 bits per heavy atom. The van der Waals surface area contributed by atoms with Crippen LogP contribution in [0.1, 0.15) is 5.56 Å². The Morgan fingerprint density at radius 2 is 1.78 bits per heavy atom. The van der Waals surface area contributed by atoms with Crippen molar-refractivity contribution in [3.05, 3.63) is 56.5 Å². The molecule has 0 fully saturated rings. The van der Waals surface area contributed by atoms with Crippen LogP contribution in [-0.4, -0.2) is 0 Å². The van der Waals surface area contributed by atoms with Gasteiger partial charge >= 0.3 is 0 Å². The molecule has 0 amide bonds. The van der Waals surface area contributed by atoms with Crippen LogP contribution in [0.4, 0.5) is 0 Å². The quantitative estimate of drug-likeness (QED) is 0.580. The van der Waals surface area contributed by atoms with Gasteiger partial charge in [-0.25, -0.2) is 0 Å². The first-order valence-corrected chi connectivity index (χ1v) is 7.16. The largest absolute Gasteiger partial charge is 0.455 e. The lowest BCUT2D eigenvalue weighted by Gasteiger charge is -2.11. The van der Waals surface area contributed by atoms with E-state index in [2.05, 4.69) is 15.9 Å². The van der Waals surface area contributed by atoms with Gasteiger partial charge in [0.15, 0.2) is 0 Å². The van der Waals surface area contributed by atoms with E-state index in [9.17, 15) is 0 Å². The fourth-order valence-electron chi connectivity index (χ4n) is 1.43. The first-order valence-electron chi connectivity index (χ1n) is 5.07. The molecule has 0 aliphatic carbocycles. The number of halogens is 4. The molecular formula is C13H8BrCl3O. The molecule has 0 aliphatic rings. The summed E-state index contributed by atoms with van der Waals surface area (Å²) in [6, 6.07) is 10.7. The van der Waals surface area contributed by atoms with Gasteiger partial charge < -0.3 is 4.74 Å². The molecule has 1 nitrogen and oxygen atoms in total. The summed E-state index contributed by atoms with van der Waals surface area (Å²) in [7, 11) is 0. The van der Waals surface area contributed by atoms with Gasteiger partial charge in [-0.3, -0.25) is 0 Å². The number of hydrogen-bond donors (Lipinski definition) is 0. The standard InChI is InChI=1S/C13H8BrCl3O/c14-9-1-3-11(17)13(6-9)18-12-4-2-10(16)5-8(12)7-15/h1-6H,7H2. The van der Waals surface area contributed by atoms with Gasteiger partial charge in [0, 0.05) is 15.1 Å². The van der Waals surface area contributed by atoms with Gasteiger partial charge in [0.25, 0.3) is 0 Å². The Hall–Kier alpha value is -0.410. The van der Waals surface area contributed by atoms with Crippen molar-refractivity contribution in [3.8, 4) is 11.5 Å². The predicted molar refractivity (Wildman–Crippen MR) is 80.2 cm³/mol. The van der Waals surface area contributed by atoms with Gasteiger partial charge in [-0.1, -0.05) is 39.1 Å². The van der Waals surface area contributed by atoms with Crippen LogP contribution in [0.15, 0.2) is 40.9 Å². The Bertz CT molecular complexity index is 572. The van der Waals surface area contributed by atoms with Crippen LogP contribution in [0.25, 0.3) is 0 Å². The van der Waals surface area contributed by atoms with Crippen molar-refractivity contribution in [1.82, 2.24) is 0 Å². The topological polar surface area (TPSA) is 9.23 Å². The molecule has 18 heavy (non-hydrogen) atoms. The summed E-state index contributed by atoms with van der Waals surface area (Å²) in [4.78, 5) is 0. The van der Waals surface area contributed by atoms with E-state index in [4.69, 9.17) is 39.5 Å². The Labute approximate surface area is 129 Å². The number of alkyl halides is 1. The molecule has 0 unspecified atom stereocenters. The lowest BCUT2D eigenvalue weighted by molar-refractivity contribution is 0.478. The van der Waals surface area contributed by atoms with Crippen molar-refractivity contribution in [2.24, 2.45) is 0 Å². The maximum atomic E-state index is 6.07. The van der Waals surface area contributed by atoms with Crippen LogP contribution in [0.2, 0.25) is 10.0 Å². The zero-order valence-corrected chi connectivity index (χ0v) is 12.9. The van der Waals surface area contributed by atoms with Crippen molar-refractivity contribution in [3.63, 3.8) is 0 Å². The van der Waals surface area contributed by atoms with Crippen LogP contribution < -0.4 is 4.74 Å². The molecule has 0 atom stereocenters. The molecule has 0 N–H and O–H groups in total. The van der Waals surface area contributed by atoms with Crippen LogP contribution in [0.5, 0.6) is 11.5 Å². The van der Waals surface area contributed by atoms with Crippen molar-refractivity contribution >= 4 is 50.7 Å². The second kappa shape index (κ2) is 6.16. The summed E-state index contributed by atoms with van der Waals surface area (Å²) in [5, 5.41) is 1.16. The van der Waals surface area contributed by atoms with Gasteiger partial charge in [-0.15, -0.1) is 11.6 Å². The summed E-state index contributed by atoms with van der Waals surface area (Å²) < 4.78 is 6.65. The molecule has 5 heteroatoms. The highest BCUT2D eigenvalue weighted by atomic mass is 79.9. The Morgan fingerprint density at radius 3 is 2.50 bits per heavy atom. The number of rotatable bonds is 3. The van der Waals surface area contributed by atoms with Crippen LogP contribution in [0, 0.1) is 0 Å². The average molecular weight is 366 g/mol. The lowest BCUT2D eigenvalue weighted by atomic mass is 10.2. The molecule has 94 valence electrons. The third kappa shape index (κ3) is 3.33. The normalized spacial score (nSPS) is 10.4. The molecule has 2 aromatic carbocycles. The van der Waals surface area contributed by atoms with Gasteiger partial charge in [0.1, 0.15) is 11.5 Å². The SMILES string of the molecule is ClCc1cc(Cl)ccc1Oc1cc(Br)ccc1Cl. The zero-order chi connectivity index (χ0) is 13.1. The second-order valence-corrected chi connectivity index (χ2v) is 5.59. The van der Waals surface area contributed by atoms with Crippen molar-refractivity contribution in [1.29, 1.82) is 0 Å². The fourth-order valence-corrected chi connectivity index (χ4v) is 2.33. The molecular weight excluding hydrogens is 358 g/mol. The van der Waals surface area contributed by atoms with Crippen molar-refractivity contribution in [2.75, 3.05) is 0 Å². The van der Waals surface area contributed by atoms with E-state index in [0.717, 1.165) is 10.0 Å². The summed E-state index contributed by atoms with van der Waals surface area (Å²) in [5.41, 5.74) is 0.820. The molecule has 0 saturated carbocycles. The van der Waals surface area contributed by atoms with E-state index in [1.807, 2.05) is 6.07 Å². The highest BCUT2D eigenvalue weighted by Crippen LogP contribution is 2.34. The van der Waals surface area contributed by atoms with Gasteiger partial charge in [-0.2, -0.15) is 0 Å². The second-order valence-electron chi connectivity index (χ2n) is 3.56. The Balaban J connectivity index is 2.36. The van der Waals surface area contributed by atoms with E-state index < -0.39 is 0 Å². The van der Waals surface area contributed by atoms with Crippen LogP contribution >= 0.6 is 50.7 Å². The van der Waals surface area contributed by atoms with Gasteiger partial charge in [0.05, 0.1) is 10.9 Å². The van der Waals surface area contributed by atoms with Gasteiger partial charge in [0.2, 0.25) is 0 Å². The minimum Gasteiger partial charge on any atom is -0.455 e. The molecule has 0 spiro atoms. The predicted octanol–water partition coefficient (Wildman–Crippen LogP) is 6.29. The highest BCUT2D eigenvalue weighted by molar-refractivity contribution is 9.10. The molecule has 0 bridgehead atoms. The summed E-state index contributed by atoms with van der Waals surface area (Å²) in [6.45, 7) is 0. The smallest absolute Gasteiger partial charge is 0.147 e. The van der Waals surface area contributed by atoms with E-state index in [-0.39, 0.29) is 0 Å². The molecule has 0 saturated heterocycles.